The van der Waals surface area contributed by atoms with Crippen LogP contribution >= 0.6 is 0 Å². The lowest BCUT2D eigenvalue weighted by atomic mass is 9.99. The number of benzene rings is 1. The summed E-state index contributed by atoms with van der Waals surface area (Å²) in [6.07, 6.45) is 0.770. The molecule has 0 radical (unpaired) electrons. The first-order chi connectivity index (χ1) is 12.8. The van der Waals surface area contributed by atoms with Crippen LogP contribution in [0.5, 0.6) is 0 Å². The maximum absolute atomic E-state index is 14.6. The standard InChI is InChI=1S/C18H22FN3O5/c1-27-16(24)9-18(26)6-7-22(10-18)14-4-2-11(8-12(14)19)20-13-3-5-15(23)21-17(13)25/h2,4,8,13,20,26H,3,5-7,9-10H2,1H3,(H,21,23,25). The Hall–Kier alpha value is -2.68. The number of hydrogen-bond donors (Lipinski definition) is 3. The van der Waals surface area contributed by atoms with Gasteiger partial charge in [-0.1, -0.05) is 0 Å². The average Bonchev–Trinajstić information content (AvgIpc) is 2.99. The minimum absolute atomic E-state index is 0.124. The molecule has 0 aromatic heterocycles. The molecule has 0 bridgehead atoms. The minimum Gasteiger partial charge on any atom is -0.469 e. The van der Waals surface area contributed by atoms with Gasteiger partial charge in [-0.3, -0.25) is 19.7 Å². The molecule has 2 saturated heterocycles. The van der Waals surface area contributed by atoms with Gasteiger partial charge in [-0.05, 0) is 31.0 Å². The van der Waals surface area contributed by atoms with Gasteiger partial charge in [0.1, 0.15) is 11.9 Å². The summed E-state index contributed by atoms with van der Waals surface area (Å²) in [5.74, 6) is -1.76. The van der Waals surface area contributed by atoms with Crippen LogP contribution in [0.15, 0.2) is 18.2 Å². The number of methoxy groups -OCH3 is 1. The summed E-state index contributed by atoms with van der Waals surface area (Å²) >= 11 is 0. The first-order valence-corrected chi connectivity index (χ1v) is 8.73. The molecule has 1 aromatic rings. The van der Waals surface area contributed by atoms with E-state index in [-0.39, 0.29) is 25.3 Å². The summed E-state index contributed by atoms with van der Waals surface area (Å²) < 4.78 is 19.2. The Kier molecular flexibility index (Phi) is 5.31. The summed E-state index contributed by atoms with van der Waals surface area (Å²) in [6.45, 7) is 0.531. The predicted octanol–water partition coefficient (Wildman–Crippen LogP) is 0.547. The summed E-state index contributed by atoms with van der Waals surface area (Å²) in [7, 11) is 1.26. The zero-order chi connectivity index (χ0) is 19.6. The van der Waals surface area contributed by atoms with Gasteiger partial charge >= 0.3 is 5.97 Å². The highest BCUT2D eigenvalue weighted by Gasteiger charge is 2.39. The third kappa shape index (κ3) is 4.36. The van der Waals surface area contributed by atoms with Gasteiger partial charge < -0.3 is 20.1 Å². The number of imide groups is 1. The van der Waals surface area contributed by atoms with Crippen LogP contribution in [-0.2, 0) is 19.1 Å². The summed E-state index contributed by atoms with van der Waals surface area (Å²) in [4.78, 5) is 36.1. The molecular formula is C18H22FN3O5. The fourth-order valence-electron chi connectivity index (χ4n) is 3.43. The van der Waals surface area contributed by atoms with Gasteiger partial charge in [-0.25, -0.2) is 4.39 Å². The van der Waals surface area contributed by atoms with Crippen molar-refractivity contribution in [1.82, 2.24) is 5.32 Å². The first-order valence-electron chi connectivity index (χ1n) is 8.73. The van der Waals surface area contributed by atoms with E-state index in [1.807, 2.05) is 0 Å². The molecule has 2 fully saturated rings. The van der Waals surface area contributed by atoms with Crippen LogP contribution in [0.1, 0.15) is 25.7 Å². The van der Waals surface area contributed by atoms with E-state index in [4.69, 9.17) is 0 Å². The maximum atomic E-state index is 14.6. The van der Waals surface area contributed by atoms with Crippen molar-refractivity contribution in [3.63, 3.8) is 0 Å². The van der Waals surface area contributed by atoms with E-state index in [0.29, 0.717) is 30.8 Å². The van der Waals surface area contributed by atoms with Crippen molar-refractivity contribution in [2.75, 3.05) is 30.4 Å². The third-order valence-electron chi connectivity index (χ3n) is 4.90. The van der Waals surface area contributed by atoms with Crippen molar-refractivity contribution in [3.05, 3.63) is 24.0 Å². The van der Waals surface area contributed by atoms with E-state index in [1.54, 1.807) is 17.0 Å². The molecule has 2 aliphatic heterocycles. The SMILES string of the molecule is COC(=O)CC1(O)CCN(c2ccc(NC3CCC(=O)NC3=O)cc2F)C1. The minimum atomic E-state index is -1.25. The van der Waals surface area contributed by atoms with Gasteiger partial charge in [0, 0.05) is 25.2 Å². The van der Waals surface area contributed by atoms with Crippen molar-refractivity contribution in [2.45, 2.75) is 37.3 Å². The number of amides is 2. The smallest absolute Gasteiger partial charge is 0.308 e. The second-order valence-electron chi connectivity index (χ2n) is 6.96. The monoisotopic (exact) mass is 379 g/mol. The normalized spacial score (nSPS) is 25.3. The Morgan fingerprint density at radius 1 is 1.48 bits per heavy atom. The number of esters is 1. The van der Waals surface area contributed by atoms with Crippen molar-refractivity contribution < 1.29 is 28.6 Å². The van der Waals surface area contributed by atoms with Crippen LogP contribution in [0.3, 0.4) is 0 Å². The number of piperidine rings is 1. The van der Waals surface area contributed by atoms with Crippen LogP contribution in [-0.4, -0.2) is 54.7 Å². The summed E-state index contributed by atoms with van der Waals surface area (Å²) in [5.41, 5.74) is -0.511. The number of nitrogens with one attached hydrogen (secondary N) is 2. The van der Waals surface area contributed by atoms with Crippen LogP contribution in [0.25, 0.3) is 0 Å². The van der Waals surface area contributed by atoms with Crippen LogP contribution in [0.2, 0.25) is 0 Å². The van der Waals surface area contributed by atoms with Gasteiger partial charge in [-0.2, -0.15) is 0 Å². The predicted molar refractivity (Wildman–Crippen MR) is 94.6 cm³/mol. The van der Waals surface area contributed by atoms with Gasteiger partial charge in [-0.15, -0.1) is 0 Å². The lowest BCUT2D eigenvalue weighted by Gasteiger charge is -2.25. The molecule has 2 unspecified atom stereocenters. The van der Waals surface area contributed by atoms with E-state index >= 15 is 0 Å². The molecule has 2 heterocycles. The second-order valence-corrected chi connectivity index (χ2v) is 6.96. The fraction of sp³-hybridized carbons (Fsp3) is 0.500. The molecule has 0 aliphatic carbocycles. The van der Waals surface area contributed by atoms with E-state index < -0.39 is 29.3 Å². The van der Waals surface area contributed by atoms with Crippen LogP contribution in [0.4, 0.5) is 15.8 Å². The molecule has 2 atom stereocenters. The second kappa shape index (κ2) is 7.51. The van der Waals surface area contributed by atoms with Gasteiger partial charge in [0.05, 0.1) is 24.8 Å². The van der Waals surface area contributed by atoms with Gasteiger partial charge in [0.25, 0.3) is 0 Å². The number of anilines is 2. The molecule has 0 saturated carbocycles. The van der Waals surface area contributed by atoms with Crippen molar-refractivity contribution in [2.24, 2.45) is 0 Å². The maximum Gasteiger partial charge on any atom is 0.308 e. The Labute approximate surface area is 155 Å². The molecule has 2 aliphatic rings. The zero-order valence-corrected chi connectivity index (χ0v) is 15.0. The molecule has 8 nitrogen and oxygen atoms in total. The molecular weight excluding hydrogens is 357 g/mol. The third-order valence-corrected chi connectivity index (χ3v) is 4.90. The Balaban J connectivity index is 1.66. The number of nitrogens with zero attached hydrogens (tertiary/aromatic N) is 1. The molecule has 3 rings (SSSR count). The van der Waals surface area contributed by atoms with E-state index in [1.165, 1.54) is 13.2 Å². The summed E-state index contributed by atoms with van der Waals surface area (Å²) in [5, 5.41) is 15.7. The molecule has 2 amide bonds. The van der Waals surface area contributed by atoms with Crippen molar-refractivity contribution >= 4 is 29.2 Å². The van der Waals surface area contributed by atoms with E-state index in [2.05, 4.69) is 15.4 Å². The number of β-amino-alcohol motifs (C(OH)–C–C–N with tert-alkyl or cyclic N) is 1. The van der Waals surface area contributed by atoms with Crippen molar-refractivity contribution in [3.8, 4) is 0 Å². The Morgan fingerprint density at radius 2 is 2.26 bits per heavy atom. The highest BCUT2D eigenvalue weighted by Crippen LogP contribution is 2.32. The fourth-order valence-corrected chi connectivity index (χ4v) is 3.43. The average molecular weight is 379 g/mol. The number of rotatable bonds is 5. The molecule has 3 N–H and O–H groups in total. The number of carbonyl (C=O) groups is 3. The molecule has 9 heteroatoms. The largest absolute Gasteiger partial charge is 0.469 e. The summed E-state index contributed by atoms with van der Waals surface area (Å²) in [6, 6.07) is 3.88. The van der Waals surface area contributed by atoms with Crippen LogP contribution in [0, 0.1) is 5.82 Å². The van der Waals surface area contributed by atoms with E-state index in [0.717, 1.165) is 0 Å². The quantitative estimate of drug-likeness (QED) is 0.506. The lowest BCUT2D eigenvalue weighted by molar-refractivity contribution is -0.145. The highest BCUT2D eigenvalue weighted by molar-refractivity contribution is 6.01. The van der Waals surface area contributed by atoms with Crippen molar-refractivity contribution in [1.29, 1.82) is 0 Å². The molecule has 27 heavy (non-hydrogen) atoms. The number of aliphatic hydroxyl groups is 1. The first kappa shape index (κ1) is 19.1. The Bertz CT molecular complexity index is 771. The molecule has 0 spiro atoms. The number of hydrogen-bond acceptors (Lipinski definition) is 7. The molecule has 146 valence electrons. The van der Waals surface area contributed by atoms with Crippen LogP contribution < -0.4 is 15.5 Å². The Morgan fingerprint density at radius 3 is 2.93 bits per heavy atom. The number of ether oxygens (including phenoxy) is 1. The van der Waals surface area contributed by atoms with Gasteiger partial charge in [0.2, 0.25) is 11.8 Å². The lowest BCUT2D eigenvalue weighted by Crippen LogP contribution is -2.47. The highest BCUT2D eigenvalue weighted by atomic mass is 19.1. The van der Waals surface area contributed by atoms with E-state index in [9.17, 15) is 23.9 Å². The number of carbonyl (C=O) groups excluding carboxylic acids is 3. The molecule has 1 aromatic carbocycles. The zero-order valence-electron chi connectivity index (χ0n) is 15.0. The number of halogens is 1. The topological polar surface area (TPSA) is 108 Å². The van der Waals surface area contributed by atoms with Gasteiger partial charge in [0.15, 0.2) is 0 Å².